The van der Waals surface area contributed by atoms with E-state index in [2.05, 4.69) is 0 Å². The third-order valence-electron chi connectivity index (χ3n) is 8.43. The molecule has 0 amide bonds. The predicted molar refractivity (Wildman–Crippen MR) is 159 cm³/mol. The van der Waals surface area contributed by atoms with Gasteiger partial charge in [0.05, 0.1) is 9.79 Å². The highest BCUT2D eigenvalue weighted by Crippen LogP contribution is 2.44. The fourth-order valence-electron chi connectivity index (χ4n) is 5.81. The maximum absolute atomic E-state index is 13.3. The molecule has 0 atom stereocenters. The molecule has 6 rings (SSSR count). The smallest absolute Gasteiger partial charge is 0.243 e. The molecule has 2 aliphatic heterocycles. The number of aromatic hydroxyl groups is 2. The molecule has 4 aromatic rings. The van der Waals surface area contributed by atoms with Crippen molar-refractivity contribution in [2.24, 2.45) is 0 Å². The SMILES string of the molecule is Cc1ccc(S(=O)(=O)N2Cc3ccc(C(C)c4ccc5c(c4O)CN(S(=O)(=O)c4ccc(C)cc4)C5)c(O)c3C2)cc1. The average molecular weight is 605 g/mol. The zero-order valence-corrected chi connectivity index (χ0v) is 25.2. The average Bonchev–Trinajstić information content (AvgIpc) is 3.61. The molecule has 0 bridgehead atoms. The van der Waals surface area contributed by atoms with Gasteiger partial charge in [-0.05, 0) is 49.2 Å². The van der Waals surface area contributed by atoms with E-state index in [0.717, 1.165) is 22.3 Å². The van der Waals surface area contributed by atoms with Gasteiger partial charge in [-0.3, -0.25) is 0 Å². The van der Waals surface area contributed by atoms with Crippen molar-refractivity contribution in [3.63, 3.8) is 0 Å². The maximum Gasteiger partial charge on any atom is 0.243 e. The van der Waals surface area contributed by atoms with E-state index in [-0.39, 0.29) is 47.5 Å². The number of nitrogens with zero attached hydrogens (tertiary/aromatic N) is 2. The van der Waals surface area contributed by atoms with Gasteiger partial charge in [0.2, 0.25) is 20.0 Å². The first kappa shape index (κ1) is 28.4. The number of fused-ring (bicyclic) bond motifs is 2. The van der Waals surface area contributed by atoms with E-state index in [1.54, 1.807) is 60.7 Å². The van der Waals surface area contributed by atoms with Crippen molar-refractivity contribution in [2.45, 2.75) is 62.7 Å². The van der Waals surface area contributed by atoms with Gasteiger partial charge in [-0.1, -0.05) is 66.6 Å². The lowest BCUT2D eigenvalue weighted by atomic mass is 9.88. The lowest BCUT2D eigenvalue weighted by molar-refractivity contribution is 0.418. The van der Waals surface area contributed by atoms with E-state index in [4.69, 9.17) is 0 Å². The number of phenolic OH excluding ortho intramolecular Hbond substituents is 2. The largest absolute Gasteiger partial charge is 0.507 e. The number of aryl methyl sites for hydroxylation is 2. The molecule has 2 heterocycles. The van der Waals surface area contributed by atoms with Crippen LogP contribution in [0.3, 0.4) is 0 Å². The molecule has 0 aliphatic carbocycles. The summed E-state index contributed by atoms with van der Waals surface area (Å²) < 4.78 is 55.9. The second kappa shape index (κ2) is 10.2. The van der Waals surface area contributed by atoms with E-state index in [1.165, 1.54) is 8.61 Å². The Kier molecular flexibility index (Phi) is 6.93. The summed E-state index contributed by atoms with van der Waals surface area (Å²) >= 11 is 0. The normalized spacial score (nSPS) is 15.7. The summed E-state index contributed by atoms with van der Waals surface area (Å²) in [6, 6.07) is 20.6. The summed E-state index contributed by atoms with van der Waals surface area (Å²) in [4.78, 5) is 0.408. The van der Waals surface area contributed by atoms with Gasteiger partial charge in [-0.15, -0.1) is 0 Å². The number of hydrogen-bond donors (Lipinski definition) is 2. The van der Waals surface area contributed by atoms with Gasteiger partial charge in [0.1, 0.15) is 11.5 Å². The molecule has 218 valence electrons. The van der Waals surface area contributed by atoms with Crippen LogP contribution in [-0.4, -0.2) is 35.7 Å². The number of benzene rings is 4. The van der Waals surface area contributed by atoms with Crippen molar-refractivity contribution in [1.29, 1.82) is 0 Å². The highest BCUT2D eigenvalue weighted by atomic mass is 32.2. The minimum atomic E-state index is -3.75. The van der Waals surface area contributed by atoms with E-state index in [9.17, 15) is 27.0 Å². The first-order chi connectivity index (χ1) is 19.9. The van der Waals surface area contributed by atoms with E-state index in [1.807, 2.05) is 32.9 Å². The quantitative estimate of drug-likeness (QED) is 0.310. The predicted octanol–water partition coefficient (Wildman–Crippen LogP) is 5.28. The summed E-state index contributed by atoms with van der Waals surface area (Å²) in [6.45, 7) is 6.04. The first-order valence-electron chi connectivity index (χ1n) is 13.7. The molecule has 0 aromatic heterocycles. The molecule has 0 saturated carbocycles. The number of hydrogen-bond acceptors (Lipinski definition) is 6. The highest BCUT2D eigenvalue weighted by Gasteiger charge is 2.36. The zero-order chi connectivity index (χ0) is 30.0. The summed E-state index contributed by atoms with van der Waals surface area (Å²) in [7, 11) is -7.50. The monoisotopic (exact) mass is 604 g/mol. The Morgan fingerprint density at radius 3 is 1.29 bits per heavy atom. The molecule has 8 nitrogen and oxygen atoms in total. The molecule has 2 aliphatic rings. The number of sulfonamides is 2. The molecule has 2 N–H and O–H groups in total. The van der Waals surface area contributed by atoms with Gasteiger partial charge in [0.25, 0.3) is 0 Å². The van der Waals surface area contributed by atoms with Gasteiger partial charge in [0.15, 0.2) is 0 Å². The second-order valence-electron chi connectivity index (χ2n) is 11.2. The van der Waals surface area contributed by atoms with Crippen molar-refractivity contribution >= 4 is 20.0 Å². The Morgan fingerprint density at radius 1 is 0.571 bits per heavy atom. The molecule has 0 fully saturated rings. The van der Waals surface area contributed by atoms with Crippen molar-refractivity contribution in [1.82, 2.24) is 8.61 Å². The van der Waals surface area contributed by atoms with Gasteiger partial charge in [0, 0.05) is 54.4 Å². The van der Waals surface area contributed by atoms with Crippen LogP contribution in [0, 0.1) is 13.8 Å². The number of phenols is 2. The summed E-state index contributed by atoms with van der Waals surface area (Å²) in [5, 5.41) is 22.6. The van der Waals surface area contributed by atoms with Crippen LogP contribution in [0.25, 0.3) is 0 Å². The summed E-state index contributed by atoms with van der Waals surface area (Å²) in [6.07, 6.45) is 0. The van der Waals surface area contributed by atoms with Crippen LogP contribution in [0.1, 0.15) is 57.3 Å². The standard InChI is InChI=1S/C32H32N2O6S2/c1-20-4-10-25(11-5-20)41(37,38)33-16-23-8-14-27(31(35)29(23)18-33)22(3)28-15-9-24-17-34(19-30(24)32(28)36)42(39,40)26-12-6-21(2)7-13-26/h4-15,22,35-36H,16-19H2,1-3H3. The lowest BCUT2D eigenvalue weighted by Gasteiger charge is -2.19. The Balaban J connectivity index is 1.26. The molecule has 0 unspecified atom stereocenters. The minimum Gasteiger partial charge on any atom is -0.507 e. The van der Waals surface area contributed by atoms with Gasteiger partial charge in [-0.25, -0.2) is 16.8 Å². The fraction of sp³-hybridized carbons (Fsp3) is 0.250. The molecule has 4 aromatic carbocycles. The molecule has 0 saturated heterocycles. The summed E-state index contributed by atoms with van der Waals surface area (Å²) in [5.41, 5.74) is 5.60. The van der Waals surface area contributed by atoms with Crippen LogP contribution >= 0.6 is 0 Å². The topological polar surface area (TPSA) is 115 Å². The Hall–Kier alpha value is -3.70. The summed E-state index contributed by atoms with van der Waals surface area (Å²) in [5.74, 6) is -0.429. The van der Waals surface area contributed by atoms with Gasteiger partial charge < -0.3 is 10.2 Å². The molecule has 0 radical (unpaired) electrons. The van der Waals surface area contributed by atoms with Crippen molar-refractivity contribution in [3.8, 4) is 11.5 Å². The van der Waals surface area contributed by atoms with Crippen LogP contribution in [0.4, 0.5) is 0 Å². The molecular weight excluding hydrogens is 572 g/mol. The van der Waals surface area contributed by atoms with Crippen LogP contribution in [0.15, 0.2) is 82.6 Å². The molecular formula is C32H32N2O6S2. The minimum absolute atomic E-state index is 0.00470. The van der Waals surface area contributed by atoms with Crippen molar-refractivity contribution in [3.05, 3.63) is 117 Å². The Morgan fingerprint density at radius 2 is 0.929 bits per heavy atom. The third-order valence-corrected chi connectivity index (χ3v) is 12.0. The van der Waals surface area contributed by atoms with E-state index >= 15 is 0 Å². The maximum atomic E-state index is 13.3. The third kappa shape index (κ3) is 4.68. The number of rotatable bonds is 6. The van der Waals surface area contributed by atoms with Crippen LogP contribution < -0.4 is 0 Å². The Bertz CT molecular complexity index is 1780. The van der Waals surface area contributed by atoms with Crippen molar-refractivity contribution < 1.29 is 27.0 Å². The first-order valence-corrected chi connectivity index (χ1v) is 16.6. The van der Waals surface area contributed by atoms with Gasteiger partial charge >= 0.3 is 0 Å². The van der Waals surface area contributed by atoms with Gasteiger partial charge in [-0.2, -0.15) is 8.61 Å². The van der Waals surface area contributed by atoms with Crippen LogP contribution in [0.2, 0.25) is 0 Å². The Labute approximate surface area is 246 Å². The molecule has 42 heavy (non-hydrogen) atoms. The lowest BCUT2D eigenvalue weighted by Crippen LogP contribution is -2.25. The van der Waals surface area contributed by atoms with Crippen molar-refractivity contribution in [2.75, 3.05) is 0 Å². The van der Waals surface area contributed by atoms with Crippen LogP contribution in [0.5, 0.6) is 11.5 Å². The zero-order valence-electron chi connectivity index (χ0n) is 23.6. The molecule has 0 spiro atoms. The highest BCUT2D eigenvalue weighted by molar-refractivity contribution is 7.89. The van der Waals surface area contributed by atoms with Crippen LogP contribution in [-0.2, 0) is 46.2 Å². The fourth-order valence-corrected chi connectivity index (χ4v) is 8.58. The second-order valence-corrected chi connectivity index (χ2v) is 15.1. The van der Waals surface area contributed by atoms with E-state index in [0.29, 0.717) is 22.3 Å². The van der Waals surface area contributed by atoms with E-state index < -0.39 is 26.0 Å². The molecule has 10 heteroatoms.